The number of nitrogens with zero attached hydrogens (tertiary/aromatic N) is 2. The average Bonchev–Trinajstić information content (AvgIpc) is 2.81. The number of halogens is 1. The van der Waals surface area contributed by atoms with Gasteiger partial charge in [0, 0.05) is 25.2 Å². The van der Waals surface area contributed by atoms with Crippen LogP contribution in [0.25, 0.3) is 10.9 Å². The normalized spacial score (nSPS) is 11.1. The molecule has 9 heteroatoms. The number of benzene rings is 2. The fourth-order valence-electron chi connectivity index (χ4n) is 3.78. The highest BCUT2D eigenvalue weighted by Crippen LogP contribution is 2.11. The lowest BCUT2D eigenvalue weighted by Crippen LogP contribution is -2.41. The van der Waals surface area contributed by atoms with Gasteiger partial charge in [0.1, 0.15) is 12.4 Å². The minimum atomic E-state index is -0.607. The summed E-state index contributed by atoms with van der Waals surface area (Å²) < 4.78 is 15.8. The topological polar surface area (TPSA) is 102 Å². The predicted molar refractivity (Wildman–Crippen MR) is 134 cm³/mol. The van der Waals surface area contributed by atoms with E-state index in [1.807, 2.05) is 0 Å². The molecule has 0 atom stereocenters. The molecule has 0 fully saturated rings. The summed E-state index contributed by atoms with van der Waals surface area (Å²) in [6.07, 6.45) is 2.20. The van der Waals surface area contributed by atoms with Crippen molar-refractivity contribution < 1.29 is 14.0 Å². The molecule has 3 aromatic rings. The van der Waals surface area contributed by atoms with Crippen LogP contribution in [0.4, 0.5) is 10.1 Å². The number of nitrogens with one attached hydrogen (secondary N) is 2. The molecular formula is C26H31FN4O4. The number of unbranched alkanes of at least 4 members (excludes halogenated alkanes) is 1. The van der Waals surface area contributed by atoms with Crippen LogP contribution in [0.1, 0.15) is 39.5 Å². The molecule has 35 heavy (non-hydrogen) atoms. The summed E-state index contributed by atoms with van der Waals surface area (Å²) in [7, 11) is 0. The molecule has 8 nitrogen and oxygen atoms in total. The first-order valence-corrected chi connectivity index (χ1v) is 11.8. The largest absolute Gasteiger partial charge is 0.356 e. The highest BCUT2D eigenvalue weighted by atomic mass is 19.1. The lowest BCUT2D eigenvalue weighted by molar-refractivity contribution is -0.121. The average molecular weight is 483 g/mol. The number of hydrogen-bond acceptors (Lipinski definition) is 4. The van der Waals surface area contributed by atoms with Crippen molar-refractivity contribution in [1.29, 1.82) is 0 Å². The molecule has 0 bridgehead atoms. The Kier molecular flexibility index (Phi) is 8.94. The smallest absolute Gasteiger partial charge is 0.331 e. The van der Waals surface area contributed by atoms with Crippen LogP contribution in [-0.4, -0.2) is 27.5 Å². The zero-order valence-corrected chi connectivity index (χ0v) is 20.1. The van der Waals surface area contributed by atoms with Crippen LogP contribution in [0.5, 0.6) is 0 Å². The molecule has 0 saturated heterocycles. The molecule has 0 aliphatic heterocycles. The number of aromatic nitrogens is 2. The summed E-state index contributed by atoms with van der Waals surface area (Å²) in [5, 5.41) is 5.76. The first kappa shape index (κ1) is 25.9. The molecule has 2 N–H and O–H groups in total. The number of para-hydroxylation sites is 1. The van der Waals surface area contributed by atoms with Crippen molar-refractivity contribution in [1.82, 2.24) is 14.5 Å². The van der Waals surface area contributed by atoms with Crippen molar-refractivity contribution in [2.24, 2.45) is 5.92 Å². The van der Waals surface area contributed by atoms with Gasteiger partial charge < -0.3 is 10.6 Å². The maximum Gasteiger partial charge on any atom is 0.331 e. The van der Waals surface area contributed by atoms with Crippen LogP contribution in [0, 0.1) is 11.7 Å². The van der Waals surface area contributed by atoms with Gasteiger partial charge in [0.2, 0.25) is 11.8 Å². The molecule has 0 radical (unpaired) electrons. The van der Waals surface area contributed by atoms with Gasteiger partial charge in [-0.05, 0) is 55.5 Å². The maximum atomic E-state index is 13.4. The van der Waals surface area contributed by atoms with E-state index in [9.17, 15) is 23.6 Å². The third-order valence-corrected chi connectivity index (χ3v) is 5.62. The summed E-state index contributed by atoms with van der Waals surface area (Å²) in [5.41, 5.74) is -0.428. The Balaban J connectivity index is 1.73. The summed E-state index contributed by atoms with van der Waals surface area (Å²) in [6.45, 7) is 4.60. The third kappa shape index (κ3) is 7.11. The van der Waals surface area contributed by atoms with Crippen molar-refractivity contribution >= 4 is 28.4 Å². The summed E-state index contributed by atoms with van der Waals surface area (Å²) in [6, 6.07) is 12.1. The molecule has 186 valence electrons. The van der Waals surface area contributed by atoms with Gasteiger partial charge >= 0.3 is 5.69 Å². The Labute approximate surface area is 202 Å². The molecular weight excluding hydrogens is 451 g/mol. The van der Waals surface area contributed by atoms with Gasteiger partial charge in [-0.15, -0.1) is 0 Å². The number of fused-ring (bicyclic) bond motifs is 1. The lowest BCUT2D eigenvalue weighted by atomic mass is 10.1. The summed E-state index contributed by atoms with van der Waals surface area (Å²) in [4.78, 5) is 50.8. The third-order valence-electron chi connectivity index (χ3n) is 5.62. The van der Waals surface area contributed by atoms with E-state index in [1.54, 1.807) is 30.3 Å². The molecule has 0 spiro atoms. The Morgan fingerprint density at radius 1 is 0.971 bits per heavy atom. The number of rotatable bonds is 11. The fraction of sp³-hybridized carbons (Fsp3) is 0.385. The van der Waals surface area contributed by atoms with E-state index in [1.165, 1.54) is 22.8 Å². The van der Waals surface area contributed by atoms with Crippen molar-refractivity contribution in [3.8, 4) is 0 Å². The van der Waals surface area contributed by atoms with Gasteiger partial charge in [0.15, 0.2) is 0 Å². The maximum absolute atomic E-state index is 13.4. The fourth-order valence-corrected chi connectivity index (χ4v) is 3.78. The Morgan fingerprint density at radius 3 is 2.49 bits per heavy atom. The van der Waals surface area contributed by atoms with Gasteiger partial charge in [-0.25, -0.2) is 9.18 Å². The van der Waals surface area contributed by atoms with Crippen molar-refractivity contribution in [2.75, 3.05) is 11.9 Å². The van der Waals surface area contributed by atoms with Crippen LogP contribution >= 0.6 is 0 Å². The number of amides is 2. The zero-order valence-electron chi connectivity index (χ0n) is 20.1. The van der Waals surface area contributed by atoms with Crippen molar-refractivity contribution in [3.05, 3.63) is 75.2 Å². The van der Waals surface area contributed by atoms with E-state index >= 15 is 0 Å². The SMILES string of the molecule is CC(C)CCNC(=O)CCCCn1c(=O)c2ccccc2n(CC(=O)Nc2cccc(F)c2)c1=O. The van der Waals surface area contributed by atoms with E-state index in [-0.39, 0.29) is 24.7 Å². The van der Waals surface area contributed by atoms with Crippen molar-refractivity contribution in [3.63, 3.8) is 0 Å². The minimum Gasteiger partial charge on any atom is -0.356 e. The molecule has 0 saturated carbocycles. The molecule has 2 amide bonds. The highest BCUT2D eigenvalue weighted by molar-refractivity contribution is 5.91. The van der Waals surface area contributed by atoms with E-state index < -0.39 is 23.0 Å². The second-order valence-corrected chi connectivity index (χ2v) is 8.89. The van der Waals surface area contributed by atoms with Gasteiger partial charge in [-0.2, -0.15) is 0 Å². The molecule has 0 aliphatic carbocycles. The second-order valence-electron chi connectivity index (χ2n) is 8.89. The predicted octanol–water partition coefficient (Wildman–Crippen LogP) is 3.27. The highest BCUT2D eigenvalue weighted by Gasteiger charge is 2.15. The number of anilines is 1. The van der Waals surface area contributed by atoms with Gasteiger partial charge in [-0.3, -0.25) is 23.5 Å². The monoisotopic (exact) mass is 482 g/mol. The van der Waals surface area contributed by atoms with Crippen LogP contribution in [0.2, 0.25) is 0 Å². The van der Waals surface area contributed by atoms with E-state index in [0.717, 1.165) is 11.0 Å². The first-order chi connectivity index (χ1) is 16.8. The van der Waals surface area contributed by atoms with E-state index in [0.29, 0.717) is 42.6 Å². The summed E-state index contributed by atoms with van der Waals surface area (Å²) >= 11 is 0. The number of carbonyl (C=O) groups excluding carboxylic acids is 2. The van der Waals surface area contributed by atoms with Gasteiger partial charge in [-0.1, -0.05) is 32.0 Å². The number of hydrogen-bond donors (Lipinski definition) is 2. The minimum absolute atomic E-state index is 0.0528. The molecule has 1 heterocycles. The molecule has 0 unspecified atom stereocenters. The first-order valence-electron chi connectivity index (χ1n) is 11.8. The van der Waals surface area contributed by atoms with Crippen LogP contribution in [-0.2, 0) is 22.7 Å². The van der Waals surface area contributed by atoms with Gasteiger partial charge in [0.05, 0.1) is 10.9 Å². The standard InChI is InChI=1S/C26H31FN4O4/c1-18(2)13-14-28-23(32)12-5-6-15-30-25(34)21-10-3-4-11-22(21)31(26(30)35)17-24(33)29-20-9-7-8-19(27)16-20/h3-4,7-11,16,18H,5-6,12-15,17H2,1-2H3,(H,28,32)(H,29,33). The lowest BCUT2D eigenvalue weighted by Gasteiger charge is -2.14. The quantitative estimate of drug-likeness (QED) is 0.410. The Hall–Kier alpha value is -3.75. The van der Waals surface area contributed by atoms with Crippen molar-refractivity contribution in [2.45, 2.75) is 52.6 Å². The van der Waals surface area contributed by atoms with Gasteiger partial charge in [0.25, 0.3) is 5.56 Å². The molecule has 3 rings (SSSR count). The Morgan fingerprint density at radius 2 is 1.74 bits per heavy atom. The molecule has 0 aliphatic rings. The Bertz CT molecular complexity index is 1310. The van der Waals surface area contributed by atoms with E-state index in [2.05, 4.69) is 24.5 Å². The molecule has 1 aromatic heterocycles. The van der Waals surface area contributed by atoms with Crippen LogP contribution in [0.3, 0.4) is 0 Å². The second kappa shape index (κ2) is 12.1. The van der Waals surface area contributed by atoms with E-state index in [4.69, 9.17) is 0 Å². The molecule has 2 aromatic carbocycles. The summed E-state index contributed by atoms with van der Waals surface area (Å²) in [5.74, 6) is -0.560. The van der Waals surface area contributed by atoms with Crippen LogP contribution < -0.4 is 21.9 Å². The zero-order chi connectivity index (χ0) is 25.4. The number of carbonyl (C=O) groups is 2. The van der Waals surface area contributed by atoms with Crippen LogP contribution in [0.15, 0.2) is 58.1 Å².